The zero-order valence-corrected chi connectivity index (χ0v) is 19.3. The molecule has 0 aliphatic carbocycles. The molecule has 1 aliphatic heterocycles. The second-order valence-electron chi connectivity index (χ2n) is 7.33. The molecule has 10 heteroatoms. The highest BCUT2D eigenvalue weighted by Gasteiger charge is 2.18. The molecule has 1 aliphatic rings. The molecule has 1 aromatic carbocycles. The SMILES string of the molecule is CSCCOCn1nc(-c2ccnc(N3CCOCC3)c2)c2cc(S(C)(=O)=O)ccc21. The van der Waals surface area contributed by atoms with Gasteiger partial charge in [0, 0.05) is 42.2 Å². The van der Waals surface area contributed by atoms with E-state index in [1.54, 1.807) is 40.8 Å². The molecule has 0 N–H and O–H groups in total. The maximum Gasteiger partial charge on any atom is 0.175 e. The molecule has 31 heavy (non-hydrogen) atoms. The van der Waals surface area contributed by atoms with E-state index >= 15 is 0 Å². The topological polar surface area (TPSA) is 86.5 Å². The van der Waals surface area contributed by atoms with Crippen LogP contribution in [0, 0.1) is 0 Å². The van der Waals surface area contributed by atoms with Gasteiger partial charge in [-0.05, 0) is 36.6 Å². The molecule has 0 atom stereocenters. The quantitative estimate of drug-likeness (QED) is 0.472. The number of rotatable bonds is 8. The number of ether oxygens (including phenoxy) is 2. The number of benzene rings is 1. The number of pyridine rings is 1. The van der Waals surface area contributed by atoms with Crippen LogP contribution < -0.4 is 4.90 Å². The van der Waals surface area contributed by atoms with Crippen LogP contribution in [0.15, 0.2) is 41.4 Å². The van der Waals surface area contributed by atoms with Crippen molar-refractivity contribution in [3.05, 3.63) is 36.5 Å². The fourth-order valence-electron chi connectivity index (χ4n) is 3.52. The van der Waals surface area contributed by atoms with Crippen LogP contribution in [-0.2, 0) is 26.0 Å². The maximum atomic E-state index is 12.2. The normalized spacial score (nSPS) is 15.0. The van der Waals surface area contributed by atoms with E-state index < -0.39 is 9.84 Å². The fraction of sp³-hybridized carbons (Fsp3) is 0.429. The Morgan fingerprint density at radius 1 is 1.19 bits per heavy atom. The first kappa shape index (κ1) is 22.1. The Labute approximate surface area is 186 Å². The molecule has 4 rings (SSSR count). The van der Waals surface area contributed by atoms with Crippen molar-refractivity contribution in [1.82, 2.24) is 14.8 Å². The van der Waals surface area contributed by atoms with Gasteiger partial charge in [0.25, 0.3) is 0 Å². The summed E-state index contributed by atoms with van der Waals surface area (Å²) in [5, 5.41) is 5.56. The minimum Gasteiger partial charge on any atom is -0.378 e. The molecule has 0 radical (unpaired) electrons. The van der Waals surface area contributed by atoms with E-state index in [0.717, 1.165) is 41.1 Å². The summed E-state index contributed by atoms with van der Waals surface area (Å²) in [6, 6.07) is 9.01. The van der Waals surface area contributed by atoms with Crippen molar-refractivity contribution in [2.75, 3.05) is 56.1 Å². The molecule has 0 unspecified atom stereocenters. The van der Waals surface area contributed by atoms with E-state index in [0.29, 0.717) is 32.2 Å². The molecule has 1 saturated heterocycles. The number of fused-ring (bicyclic) bond motifs is 1. The molecule has 3 aromatic rings. The van der Waals surface area contributed by atoms with Crippen molar-refractivity contribution in [2.24, 2.45) is 0 Å². The van der Waals surface area contributed by atoms with Crippen LogP contribution in [0.4, 0.5) is 5.82 Å². The Morgan fingerprint density at radius 2 is 2.00 bits per heavy atom. The lowest BCUT2D eigenvalue weighted by Crippen LogP contribution is -2.36. The molecule has 0 saturated carbocycles. The van der Waals surface area contributed by atoms with Gasteiger partial charge >= 0.3 is 0 Å². The van der Waals surface area contributed by atoms with Crippen LogP contribution in [0.2, 0.25) is 0 Å². The second-order valence-corrected chi connectivity index (χ2v) is 10.3. The van der Waals surface area contributed by atoms with Crippen molar-refractivity contribution in [3.8, 4) is 11.3 Å². The lowest BCUT2D eigenvalue weighted by molar-refractivity contribution is 0.0845. The number of aromatic nitrogens is 3. The number of hydrogen-bond donors (Lipinski definition) is 0. The first-order chi connectivity index (χ1) is 15.0. The first-order valence-corrected chi connectivity index (χ1v) is 13.3. The molecule has 3 heterocycles. The van der Waals surface area contributed by atoms with Crippen molar-refractivity contribution < 1.29 is 17.9 Å². The summed E-state index contributed by atoms with van der Waals surface area (Å²) in [5.74, 6) is 1.76. The summed E-state index contributed by atoms with van der Waals surface area (Å²) < 4.78 is 37.3. The number of sulfone groups is 1. The third-order valence-electron chi connectivity index (χ3n) is 5.15. The van der Waals surface area contributed by atoms with Gasteiger partial charge in [-0.3, -0.25) is 0 Å². The van der Waals surface area contributed by atoms with Crippen LogP contribution in [0.1, 0.15) is 0 Å². The molecule has 8 nitrogen and oxygen atoms in total. The van der Waals surface area contributed by atoms with E-state index in [4.69, 9.17) is 14.6 Å². The summed E-state index contributed by atoms with van der Waals surface area (Å²) in [6.07, 6.45) is 5.01. The molecule has 0 amide bonds. The smallest absolute Gasteiger partial charge is 0.175 e. The molecule has 2 aromatic heterocycles. The summed E-state index contributed by atoms with van der Waals surface area (Å²) >= 11 is 1.72. The van der Waals surface area contributed by atoms with E-state index in [9.17, 15) is 8.42 Å². The van der Waals surface area contributed by atoms with Gasteiger partial charge in [-0.15, -0.1) is 0 Å². The number of nitrogens with zero attached hydrogens (tertiary/aromatic N) is 4. The summed E-state index contributed by atoms with van der Waals surface area (Å²) in [4.78, 5) is 6.97. The maximum absolute atomic E-state index is 12.2. The molecule has 166 valence electrons. The standard InChI is InChI=1S/C21H26N4O4S2/c1-30-12-11-29-15-25-19-4-3-17(31(2,26)27)14-18(19)21(23-25)16-5-6-22-20(13-16)24-7-9-28-10-8-24/h3-6,13-14H,7-12,15H2,1-2H3. The second kappa shape index (κ2) is 9.56. The Kier molecular flexibility index (Phi) is 6.80. The molecule has 1 fully saturated rings. The summed E-state index contributed by atoms with van der Waals surface area (Å²) in [6.45, 7) is 3.84. The minimum absolute atomic E-state index is 0.270. The minimum atomic E-state index is -3.34. The van der Waals surface area contributed by atoms with E-state index in [2.05, 4.69) is 9.88 Å². The van der Waals surface area contributed by atoms with Gasteiger partial charge in [0.2, 0.25) is 0 Å². The Hall–Kier alpha value is -2.14. The van der Waals surface area contributed by atoms with Crippen LogP contribution in [0.3, 0.4) is 0 Å². The zero-order chi connectivity index (χ0) is 21.8. The third kappa shape index (κ3) is 5.03. The Balaban J connectivity index is 1.76. The molecule has 0 spiro atoms. The molecule has 0 bridgehead atoms. The lowest BCUT2D eigenvalue weighted by Gasteiger charge is -2.27. The van der Waals surface area contributed by atoms with Crippen molar-refractivity contribution in [3.63, 3.8) is 0 Å². The zero-order valence-electron chi connectivity index (χ0n) is 17.7. The number of anilines is 1. The average molecular weight is 463 g/mol. The van der Waals surface area contributed by atoms with Gasteiger partial charge in [-0.2, -0.15) is 16.9 Å². The van der Waals surface area contributed by atoms with Crippen molar-refractivity contribution in [2.45, 2.75) is 11.6 Å². The van der Waals surface area contributed by atoms with Gasteiger partial charge in [0.15, 0.2) is 9.84 Å². The number of hydrogen-bond acceptors (Lipinski definition) is 8. The Morgan fingerprint density at radius 3 is 2.74 bits per heavy atom. The van der Waals surface area contributed by atoms with Crippen LogP contribution >= 0.6 is 11.8 Å². The third-order valence-corrected chi connectivity index (χ3v) is 6.83. The fourth-order valence-corrected chi connectivity index (χ4v) is 4.46. The van der Waals surface area contributed by atoms with Gasteiger partial charge in [0.1, 0.15) is 18.2 Å². The predicted molar refractivity (Wildman–Crippen MR) is 123 cm³/mol. The highest BCUT2D eigenvalue weighted by Crippen LogP contribution is 2.31. The highest BCUT2D eigenvalue weighted by atomic mass is 32.2. The largest absolute Gasteiger partial charge is 0.378 e. The van der Waals surface area contributed by atoms with Crippen LogP contribution in [0.25, 0.3) is 22.2 Å². The average Bonchev–Trinajstić information content (AvgIpc) is 3.15. The lowest BCUT2D eigenvalue weighted by atomic mass is 10.1. The number of thioether (sulfide) groups is 1. The van der Waals surface area contributed by atoms with Crippen LogP contribution in [0.5, 0.6) is 0 Å². The Bertz CT molecular complexity index is 1160. The van der Waals surface area contributed by atoms with Crippen molar-refractivity contribution in [1.29, 1.82) is 0 Å². The molecular weight excluding hydrogens is 436 g/mol. The monoisotopic (exact) mass is 462 g/mol. The van der Waals surface area contributed by atoms with Crippen LogP contribution in [-0.4, -0.2) is 74.4 Å². The number of morpholine rings is 1. The summed E-state index contributed by atoms with van der Waals surface area (Å²) in [5.41, 5.74) is 2.43. The van der Waals surface area contributed by atoms with E-state index in [1.165, 1.54) is 6.26 Å². The predicted octanol–water partition coefficient (Wildman–Crippen LogP) is 2.68. The van der Waals surface area contributed by atoms with E-state index in [-0.39, 0.29) is 4.90 Å². The summed E-state index contributed by atoms with van der Waals surface area (Å²) in [7, 11) is -3.34. The van der Waals surface area contributed by atoms with Gasteiger partial charge in [-0.1, -0.05) is 0 Å². The highest BCUT2D eigenvalue weighted by molar-refractivity contribution is 7.98. The van der Waals surface area contributed by atoms with Gasteiger partial charge in [0.05, 0.1) is 30.2 Å². The van der Waals surface area contributed by atoms with Crippen molar-refractivity contribution >= 4 is 38.3 Å². The van der Waals surface area contributed by atoms with Gasteiger partial charge in [-0.25, -0.2) is 18.1 Å². The van der Waals surface area contributed by atoms with Gasteiger partial charge < -0.3 is 14.4 Å². The first-order valence-electron chi connectivity index (χ1n) is 10.0. The van der Waals surface area contributed by atoms with E-state index in [1.807, 2.05) is 18.4 Å². The molecular formula is C21H26N4O4S2.